The van der Waals surface area contributed by atoms with E-state index in [0.717, 1.165) is 55.6 Å². The lowest BCUT2D eigenvalue weighted by Crippen LogP contribution is -2.33. The van der Waals surface area contributed by atoms with Gasteiger partial charge in [-0.1, -0.05) is 115 Å². The van der Waals surface area contributed by atoms with E-state index in [1.807, 2.05) is 47.7 Å². The highest BCUT2D eigenvalue weighted by Gasteiger charge is 2.22. The largest absolute Gasteiger partial charge is 0.456 e. The van der Waals surface area contributed by atoms with E-state index in [0.29, 0.717) is 5.84 Å². The van der Waals surface area contributed by atoms with Crippen molar-refractivity contribution >= 4 is 86.9 Å². The molecule has 1 unspecified atom stereocenters. The number of para-hydroxylation sites is 2. The second kappa shape index (κ2) is 12.6. The zero-order valence-electron chi connectivity index (χ0n) is 30.6. The lowest BCUT2D eigenvalue weighted by Gasteiger charge is -2.23. The molecule has 11 aromatic rings. The second-order valence-corrected chi connectivity index (χ2v) is 15.7. The number of amidine groups is 2. The van der Waals surface area contributed by atoms with E-state index in [1.165, 1.54) is 47.7 Å². The van der Waals surface area contributed by atoms with E-state index >= 15 is 0 Å². The van der Waals surface area contributed by atoms with Gasteiger partial charge in [0, 0.05) is 58.5 Å². The number of nitrogens with zero attached hydrogens (tertiary/aromatic N) is 3. The van der Waals surface area contributed by atoms with Crippen LogP contribution in [-0.4, -0.2) is 16.2 Å². The summed E-state index contributed by atoms with van der Waals surface area (Å²) in [7, 11) is 0. The van der Waals surface area contributed by atoms with Crippen LogP contribution in [0.15, 0.2) is 196 Å². The van der Waals surface area contributed by atoms with E-state index in [2.05, 4.69) is 155 Å². The number of hydrogen-bond acceptors (Lipinski definition) is 5. The van der Waals surface area contributed by atoms with Gasteiger partial charge in [-0.25, -0.2) is 9.98 Å². The number of hydrogen-bond donors (Lipinski definition) is 1. The Labute approximate surface area is 331 Å². The Morgan fingerprint density at radius 1 is 0.474 bits per heavy atom. The Hall–Kier alpha value is -7.28. The standard InChI is InChI=1S/C51H32N4OS/c1-3-11-31(12-4-1)49-52-50(32-13-5-2-6-14-32)54-51(53-49)35-20-24-45-40(28-35)39-23-19-34(29-46(39)56-45)33-21-25-47-41(27-33)42-30-36(22-26-48(42)57-47)55-43-17-9-7-15-37(43)38-16-8-10-18-44(38)55/h1-30,51H,(H,52,53,54). The van der Waals surface area contributed by atoms with Crippen molar-refractivity contribution in [3.8, 4) is 16.8 Å². The number of benzene rings is 8. The summed E-state index contributed by atoms with van der Waals surface area (Å²) in [5, 5.41) is 10.8. The van der Waals surface area contributed by atoms with Crippen molar-refractivity contribution in [2.24, 2.45) is 9.98 Å². The first kappa shape index (κ1) is 32.0. The molecule has 1 aliphatic heterocycles. The van der Waals surface area contributed by atoms with Crippen LogP contribution in [0.3, 0.4) is 0 Å². The number of aromatic nitrogens is 1. The first-order chi connectivity index (χ1) is 28.2. The molecular formula is C51H32N4OS. The molecule has 0 saturated carbocycles. The summed E-state index contributed by atoms with van der Waals surface area (Å²) in [5.74, 6) is 1.51. The van der Waals surface area contributed by atoms with Crippen LogP contribution in [0.25, 0.3) is 80.7 Å². The second-order valence-electron chi connectivity index (χ2n) is 14.6. The van der Waals surface area contributed by atoms with Crippen molar-refractivity contribution in [2.45, 2.75) is 6.17 Å². The summed E-state index contributed by atoms with van der Waals surface area (Å²) in [6.45, 7) is 0. The highest BCUT2D eigenvalue weighted by Crippen LogP contribution is 2.41. The van der Waals surface area contributed by atoms with Crippen molar-refractivity contribution in [2.75, 3.05) is 0 Å². The van der Waals surface area contributed by atoms with Crippen molar-refractivity contribution in [1.82, 2.24) is 9.88 Å². The Balaban J connectivity index is 0.923. The number of nitrogens with one attached hydrogen (secondary N) is 1. The predicted molar refractivity (Wildman–Crippen MR) is 238 cm³/mol. The molecular weight excluding hydrogens is 717 g/mol. The van der Waals surface area contributed by atoms with Crippen LogP contribution in [0, 0.1) is 0 Å². The molecule has 0 fully saturated rings. The minimum Gasteiger partial charge on any atom is -0.456 e. The molecule has 0 spiro atoms. The highest BCUT2D eigenvalue weighted by molar-refractivity contribution is 7.25. The van der Waals surface area contributed by atoms with E-state index in [-0.39, 0.29) is 6.17 Å². The summed E-state index contributed by atoms with van der Waals surface area (Å²) in [6.07, 6.45) is -0.316. The van der Waals surface area contributed by atoms with Gasteiger partial charge >= 0.3 is 0 Å². The molecule has 3 aromatic heterocycles. The van der Waals surface area contributed by atoms with Crippen molar-refractivity contribution in [3.63, 3.8) is 0 Å². The van der Waals surface area contributed by atoms with E-state index in [4.69, 9.17) is 14.4 Å². The smallest absolute Gasteiger partial charge is 0.159 e. The van der Waals surface area contributed by atoms with Gasteiger partial charge in [0.25, 0.3) is 0 Å². The van der Waals surface area contributed by atoms with Crippen molar-refractivity contribution < 1.29 is 4.42 Å². The molecule has 1 N–H and O–H groups in total. The first-order valence-electron chi connectivity index (χ1n) is 19.2. The van der Waals surface area contributed by atoms with E-state index in [9.17, 15) is 0 Å². The molecule has 4 heterocycles. The number of rotatable bonds is 5. The topological polar surface area (TPSA) is 54.8 Å². The van der Waals surface area contributed by atoms with Gasteiger partial charge in [0.05, 0.1) is 11.0 Å². The molecule has 12 rings (SSSR count). The van der Waals surface area contributed by atoms with Crippen LogP contribution < -0.4 is 5.32 Å². The molecule has 0 aliphatic carbocycles. The fraction of sp³-hybridized carbons (Fsp3) is 0.0196. The maximum absolute atomic E-state index is 6.53. The molecule has 0 radical (unpaired) electrons. The molecule has 1 aliphatic rings. The average Bonchev–Trinajstić information content (AvgIpc) is 3.95. The summed E-state index contributed by atoms with van der Waals surface area (Å²) < 4.78 is 11.5. The van der Waals surface area contributed by atoms with Crippen molar-refractivity contribution in [1.29, 1.82) is 0 Å². The minimum atomic E-state index is -0.316. The van der Waals surface area contributed by atoms with Crippen LogP contribution in [0.1, 0.15) is 22.9 Å². The predicted octanol–water partition coefficient (Wildman–Crippen LogP) is 13.2. The van der Waals surface area contributed by atoms with Crippen LogP contribution in [-0.2, 0) is 0 Å². The fourth-order valence-corrected chi connectivity index (χ4v) is 9.58. The first-order valence-corrected chi connectivity index (χ1v) is 20.0. The average molecular weight is 749 g/mol. The molecule has 8 aromatic carbocycles. The zero-order valence-corrected chi connectivity index (χ0v) is 31.4. The van der Waals surface area contributed by atoms with Crippen LogP contribution in [0.4, 0.5) is 0 Å². The normalized spacial score (nSPS) is 14.5. The highest BCUT2D eigenvalue weighted by atomic mass is 32.1. The molecule has 5 nitrogen and oxygen atoms in total. The monoisotopic (exact) mass is 748 g/mol. The van der Waals surface area contributed by atoms with Crippen molar-refractivity contribution in [3.05, 3.63) is 199 Å². The molecule has 6 heteroatoms. The number of thiophene rings is 1. The molecule has 1 atom stereocenters. The number of furan rings is 1. The molecule has 0 bridgehead atoms. The third-order valence-electron chi connectivity index (χ3n) is 11.3. The third-order valence-corrected chi connectivity index (χ3v) is 12.4. The minimum absolute atomic E-state index is 0.316. The molecule has 57 heavy (non-hydrogen) atoms. The van der Waals surface area contributed by atoms with Gasteiger partial charge in [-0.2, -0.15) is 0 Å². The van der Waals surface area contributed by atoms with Gasteiger partial charge in [-0.15, -0.1) is 11.3 Å². The SMILES string of the molecule is c1ccc(C2=NC(c3ccc4oc5cc(-c6ccc7sc8ccc(-n9c%10ccccc%10c%10ccccc%109)cc8c7c6)ccc5c4c3)NC(c3ccccc3)=N2)cc1. The maximum Gasteiger partial charge on any atom is 0.159 e. The summed E-state index contributed by atoms with van der Waals surface area (Å²) in [4.78, 5) is 10.0. The van der Waals surface area contributed by atoms with E-state index in [1.54, 1.807) is 0 Å². The maximum atomic E-state index is 6.53. The Morgan fingerprint density at radius 2 is 1.12 bits per heavy atom. The summed E-state index contributed by atoms with van der Waals surface area (Å²) in [5.41, 5.74) is 10.6. The third kappa shape index (κ3) is 5.22. The lowest BCUT2D eigenvalue weighted by molar-refractivity contribution is 0.663. The fourth-order valence-electron chi connectivity index (χ4n) is 8.51. The Kier molecular flexibility index (Phi) is 7.09. The van der Waals surface area contributed by atoms with Crippen LogP contribution in [0.2, 0.25) is 0 Å². The van der Waals surface area contributed by atoms with E-state index < -0.39 is 0 Å². The van der Waals surface area contributed by atoms with Gasteiger partial charge in [0.15, 0.2) is 5.84 Å². The Morgan fingerprint density at radius 3 is 1.89 bits per heavy atom. The quantitative estimate of drug-likeness (QED) is 0.191. The van der Waals surface area contributed by atoms with Gasteiger partial charge in [-0.05, 0) is 83.4 Å². The Bertz CT molecular complexity index is 3390. The van der Waals surface area contributed by atoms with Crippen LogP contribution >= 0.6 is 11.3 Å². The van der Waals surface area contributed by atoms with Gasteiger partial charge in [0.2, 0.25) is 0 Å². The summed E-state index contributed by atoms with van der Waals surface area (Å²) >= 11 is 1.85. The lowest BCUT2D eigenvalue weighted by atomic mass is 10.0. The van der Waals surface area contributed by atoms with Crippen LogP contribution in [0.5, 0.6) is 0 Å². The number of fused-ring (bicyclic) bond motifs is 9. The molecule has 0 amide bonds. The van der Waals surface area contributed by atoms with Gasteiger partial charge in [0.1, 0.15) is 23.2 Å². The zero-order chi connectivity index (χ0) is 37.5. The number of aliphatic imine (C=N–C) groups is 2. The van der Waals surface area contributed by atoms with Gasteiger partial charge in [-0.3, -0.25) is 0 Å². The summed E-state index contributed by atoms with van der Waals surface area (Å²) in [6, 6.07) is 64.5. The van der Waals surface area contributed by atoms with Gasteiger partial charge < -0.3 is 14.3 Å². The molecule has 268 valence electrons. The molecule has 0 saturated heterocycles.